The lowest BCUT2D eigenvalue weighted by Crippen LogP contribution is -2.51. The first-order valence-corrected chi connectivity index (χ1v) is 6.06. The van der Waals surface area contributed by atoms with Crippen LogP contribution in [0.2, 0.25) is 0 Å². The van der Waals surface area contributed by atoms with E-state index in [0.29, 0.717) is 11.5 Å². The van der Waals surface area contributed by atoms with E-state index in [1.807, 2.05) is 0 Å². The molecule has 0 amide bonds. The van der Waals surface area contributed by atoms with E-state index in [4.69, 9.17) is 0 Å². The third-order valence-corrected chi connectivity index (χ3v) is 4.34. The number of rotatable bonds is 3. The van der Waals surface area contributed by atoms with Crippen LogP contribution in [0.5, 0.6) is 0 Å². The fourth-order valence-corrected chi connectivity index (χ4v) is 2.73. The monoisotopic (exact) mass is 196 g/mol. The van der Waals surface area contributed by atoms with E-state index in [9.17, 15) is 0 Å². The molecular formula is C12H24N2. The highest BCUT2D eigenvalue weighted by Gasteiger charge is 2.38. The average Bonchev–Trinajstić information content (AvgIpc) is 2.50. The Morgan fingerprint density at radius 2 is 2.14 bits per heavy atom. The molecule has 0 spiro atoms. The molecular weight excluding hydrogens is 172 g/mol. The summed E-state index contributed by atoms with van der Waals surface area (Å²) in [5.74, 6) is 0.853. The van der Waals surface area contributed by atoms with Crippen LogP contribution < -0.4 is 10.6 Å². The first kappa shape index (κ1) is 10.4. The van der Waals surface area contributed by atoms with Gasteiger partial charge in [-0.2, -0.15) is 0 Å². The highest BCUT2D eigenvalue weighted by molar-refractivity contribution is 4.95. The van der Waals surface area contributed by atoms with E-state index in [1.54, 1.807) is 0 Å². The van der Waals surface area contributed by atoms with Crippen molar-refractivity contribution in [2.24, 2.45) is 11.3 Å². The molecule has 0 bridgehead atoms. The zero-order valence-corrected chi connectivity index (χ0v) is 9.77. The molecule has 3 atom stereocenters. The summed E-state index contributed by atoms with van der Waals surface area (Å²) in [6.07, 6.45) is 4.12. The van der Waals surface area contributed by atoms with Gasteiger partial charge in [0.1, 0.15) is 0 Å². The second-order valence-corrected chi connectivity index (χ2v) is 5.78. The van der Waals surface area contributed by atoms with Crippen molar-refractivity contribution in [2.75, 3.05) is 13.1 Å². The zero-order valence-electron chi connectivity index (χ0n) is 9.77. The summed E-state index contributed by atoms with van der Waals surface area (Å²) in [6, 6.07) is 1.49. The lowest BCUT2D eigenvalue weighted by Gasteiger charge is -2.45. The van der Waals surface area contributed by atoms with Crippen molar-refractivity contribution < 1.29 is 0 Å². The summed E-state index contributed by atoms with van der Waals surface area (Å²) in [5, 5.41) is 7.25. The fourth-order valence-electron chi connectivity index (χ4n) is 2.73. The zero-order chi connectivity index (χ0) is 10.2. The van der Waals surface area contributed by atoms with Gasteiger partial charge in [0.25, 0.3) is 0 Å². The predicted octanol–water partition coefficient (Wildman–Crippen LogP) is 1.76. The van der Waals surface area contributed by atoms with Crippen LogP contribution in [0.25, 0.3) is 0 Å². The van der Waals surface area contributed by atoms with Crippen LogP contribution in [0.4, 0.5) is 0 Å². The van der Waals surface area contributed by atoms with Crippen LogP contribution >= 0.6 is 0 Å². The van der Waals surface area contributed by atoms with Gasteiger partial charge in [-0.25, -0.2) is 0 Å². The Kier molecular flexibility index (Phi) is 2.85. The van der Waals surface area contributed by atoms with Crippen molar-refractivity contribution in [3.8, 4) is 0 Å². The highest BCUT2D eigenvalue weighted by atomic mass is 15.0. The molecule has 2 aliphatic rings. The van der Waals surface area contributed by atoms with Crippen LogP contribution in [-0.4, -0.2) is 25.2 Å². The summed E-state index contributed by atoms with van der Waals surface area (Å²) in [7, 11) is 0. The first-order chi connectivity index (χ1) is 6.59. The van der Waals surface area contributed by atoms with Gasteiger partial charge in [0.05, 0.1) is 0 Å². The molecule has 14 heavy (non-hydrogen) atoms. The van der Waals surface area contributed by atoms with Crippen molar-refractivity contribution in [2.45, 2.75) is 52.1 Å². The van der Waals surface area contributed by atoms with E-state index >= 15 is 0 Å². The number of hydrogen-bond acceptors (Lipinski definition) is 2. The molecule has 0 aromatic heterocycles. The standard InChI is InChI=1S/C12H24N2/c1-9-10(5-7-13-9)8-14-11-4-6-12(11,2)3/h9-11,13-14H,4-8H2,1-3H3. The molecule has 82 valence electrons. The Labute approximate surface area is 87.8 Å². The predicted molar refractivity (Wildman–Crippen MR) is 60.4 cm³/mol. The second-order valence-electron chi connectivity index (χ2n) is 5.78. The third kappa shape index (κ3) is 1.96. The molecule has 1 saturated heterocycles. The summed E-state index contributed by atoms with van der Waals surface area (Å²) in [6.45, 7) is 9.49. The molecule has 1 saturated carbocycles. The fraction of sp³-hybridized carbons (Fsp3) is 1.00. The van der Waals surface area contributed by atoms with Crippen LogP contribution in [0.15, 0.2) is 0 Å². The van der Waals surface area contributed by atoms with Crippen molar-refractivity contribution >= 4 is 0 Å². The molecule has 2 N–H and O–H groups in total. The minimum atomic E-state index is 0.551. The van der Waals surface area contributed by atoms with E-state index in [2.05, 4.69) is 31.4 Å². The molecule has 2 heteroatoms. The Bertz CT molecular complexity index is 198. The molecule has 2 rings (SSSR count). The van der Waals surface area contributed by atoms with Crippen molar-refractivity contribution in [3.05, 3.63) is 0 Å². The largest absolute Gasteiger partial charge is 0.314 e. The van der Waals surface area contributed by atoms with Crippen molar-refractivity contribution in [3.63, 3.8) is 0 Å². The maximum atomic E-state index is 3.74. The van der Waals surface area contributed by atoms with E-state index < -0.39 is 0 Å². The van der Waals surface area contributed by atoms with Crippen LogP contribution in [0, 0.1) is 11.3 Å². The van der Waals surface area contributed by atoms with Gasteiger partial charge in [-0.05, 0) is 50.6 Å². The lowest BCUT2D eigenvalue weighted by atomic mass is 9.67. The summed E-state index contributed by atoms with van der Waals surface area (Å²) >= 11 is 0. The molecule has 0 radical (unpaired) electrons. The van der Waals surface area contributed by atoms with Crippen molar-refractivity contribution in [1.82, 2.24) is 10.6 Å². The van der Waals surface area contributed by atoms with E-state index in [1.165, 1.54) is 32.4 Å². The van der Waals surface area contributed by atoms with Gasteiger partial charge in [0, 0.05) is 12.1 Å². The Hall–Kier alpha value is -0.0800. The number of nitrogens with one attached hydrogen (secondary N) is 2. The highest BCUT2D eigenvalue weighted by Crippen LogP contribution is 2.40. The topological polar surface area (TPSA) is 24.1 Å². The summed E-state index contributed by atoms with van der Waals surface area (Å²) in [5.41, 5.74) is 0.551. The summed E-state index contributed by atoms with van der Waals surface area (Å²) < 4.78 is 0. The third-order valence-electron chi connectivity index (χ3n) is 4.34. The normalized spacial score (nSPS) is 40.9. The molecule has 2 nitrogen and oxygen atoms in total. The number of hydrogen-bond donors (Lipinski definition) is 2. The Morgan fingerprint density at radius 1 is 1.36 bits per heavy atom. The SMILES string of the molecule is CC1NCCC1CNC1CCC1(C)C. The lowest BCUT2D eigenvalue weighted by molar-refractivity contribution is 0.104. The van der Waals surface area contributed by atoms with Gasteiger partial charge in [-0.15, -0.1) is 0 Å². The maximum absolute atomic E-state index is 3.74. The van der Waals surface area contributed by atoms with Gasteiger partial charge >= 0.3 is 0 Å². The molecule has 2 fully saturated rings. The first-order valence-electron chi connectivity index (χ1n) is 6.06. The minimum Gasteiger partial charge on any atom is -0.314 e. The van der Waals surface area contributed by atoms with Gasteiger partial charge in [0.2, 0.25) is 0 Å². The van der Waals surface area contributed by atoms with Crippen LogP contribution in [0.1, 0.15) is 40.0 Å². The smallest absolute Gasteiger partial charge is 0.0119 e. The van der Waals surface area contributed by atoms with E-state index in [-0.39, 0.29) is 0 Å². The summed E-state index contributed by atoms with van der Waals surface area (Å²) in [4.78, 5) is 0. The van der Waals surface area contributed by atoms with Crippen LogP contribution in [0.3, 0.4) is 0 Å². The van der Waals surface area contributed by atoms with Crippen molar-refractivity contribution in [1.29, 1.82) is 0 Å². The average molecular weight is 196 g/mol. The molecule has 0 aromatic carbocycles. The molecule has 1 aliphatic heterocycles. The Balaban J connectivity index is 1.72. The minimum absolute atomic E-state index is 0.551. The van der Waals surface area contributed by atoms with Gasteiger partial charge < -0.3 is 10.6 Å². The van der Waals surface area contributed by atoms with Gasteiger partial charge in [-0.1, -0.05) is 13.8 Å². The molecule has 3 unspecified atom stereocenters. The molecule has 0 aromatic rings. The molecule has 1 heterocycles. The maximum Gasteiger partial charge on any atom is 0.0119 e. The second kappa shape index (κ2) is 3.82. The quantitative estimate of drug-likeness (QED) is 0.719. The Morgan fingerprint density at radius 3 is 2.57 bits per heavy atom. The van der Waals surface area contributed by atoms with Gasteiger partial charge in [-0.3, -0.25) is 0 Å². The molecule has 1 aliphatic carbocycles. The van der Waals surface area contributed by atoms with Gasteiger partial charge in [0.15, 0.2) is 0 Å². The van der Waals surface area contributed by atoms with Crippen LogP contribution in [-0.2, 0) is 0 Å². The van der Waals surface area contributed by atoms with E-state index in [0.717, 1.165) is 12.0 Å².